The molecule has 14 heteroatoms. The van der Waals surface area contributed by atoms with Crippen LogP contribution in [0.5, 0.6) is 17.2 Å². The van der Waals surface area contributed by atoms with E-state index in [0.29, 0.717) is 49.3 Å². The highest BCUT2D eigenvalue weighted by Crippen LogP contribution is 2.31. The van der Waals surface area contributed by atoms with Crippen molar-refractivity contribution < 1.29 is 45.3 Å². The van der Waals surface area contributed by atoms with E-state index in [0.717, 1.165) is 7.11 Å². The number of nitrogens with zero attached hydrogens (tertiary/aromatic N) is 1. The van der Waals surface area contributed by atoms with Crippen molar-refractivity contribution in [1.29, 1.82) is 0 Å². The number of sulfonamides is 1. The Hall–Kier alpha value is -3.07. The van der Waals surface area contributed by atoms with Crippen molar-refractivity contribution in [2.24, 2.45) is 5.92 Å². The number of benzene rings is 2. The van der Waals surface area contributed by atoms with Crippen LogP contribution in [0.4, 0.5) is 13.2 Å². The van der Waals surface area contributed by atoms with Crippen molar-refractivity contribution in [3.63, 3.8) is 0 Å². The number of hydrogen-bond acceptors (Lipinski definition) is 8. The van der Waals surface area contributed by atoms with Gasteiger partial charge in [-0.15, -0.1) is 0 Å². The van der Waals surface area contributed by atoms with Crippen LogP contribution in [-0.2, 0) is 14.8 Å². The fourth-order valence-electron chi connectivity index (χ4n) is 4.52. The molecular weight excluding hydrogens is 567 g/mol. The fourth-order valence-corrected chi connectivity index (χ4v) is 5.91. The fraction of sp³-hybridized carbons (Fsp3) is 0.519. The number of halogens is 3. The van der Waals surface area contributed by atoms with Crippen LogP contribution in [0.25, 0.3) is 0 Å². The molecule has 2 aromatic rings. The largest absolute Gasteiger partial charge is 0.493 e. The standard InChI is InChI=1S/C27H36F3N3O7S/c1-16(2)33(27(34)17-7-8-21(38-4)22(11-17)40-10-6-9-37-3)15-18-13-31-14-20(18)32-41(35,36)23-12-19(28)26(39-5)25(30)24(23)29/h7-8,11-12,16,18,20,31-32H,6,9-10,13-15H2,1-5H3/t18-,20+/m0/s1. The summed E-state index contributed by atoms with van der Waals surface area (Å²) in [6, 6.07) is 4.15. The van der Waals surface area contributed by atoms with Gasteiger partial charge in [0.15, 0.2) is 28.9 Å². The maximum absolute atomic E-state index is 14.6. The molecule has 10 nitrogen and oxygen atoms in total. The number of ether oxygens (including phenoxy) is 4. The first-order valence-electron chi connectivity index (χ1n) is 13.0. The van der Waals surface area contributed by atoms with Gasteiger partial charge in [0.1, 0.15) is 4.90 Å². The third kappa shape index (κ3) is 7.61. The first-order valence-corrected chi connectivity index (χ1v) is 14.5. The van der Waals surface area contributed by atoms with Crippen molar-refractivity contribution in [2.75, 3.05) is 54.2 Å². The molecule has 1 aliphatic rings. The number of hydrogen-bond donors (Lipinski definition) is 2. The smallest absolute Gasteiger partial charge is 0.254 e. The normalized spacial score (nSPS) is 17.1. The summed E-state index contributed by atoms with van der Waals surface area (Å²) >= 11 is 0. The molecule has 0 aliphatic carbocycles. The van der Waals surface area contributed by atoms with Crippen molar-refractivity contribution in [3.05, 3.63) is 47.3 Å². The van der Waals surface area contributed by atoms with Gasteiger partial charge in [0.2, 0.25) is 15.8 Å². The summed E-state index contributed by atoms with van der Waals surface area (Å²) in [7, 11) is -0.654. The van der Waals surface area contributed by atoms with E-state index < -0.39 is 50.1 Å². The van der Waals surface area contributed by atoms with Gasteiger partial charge in [-0.05, 0) is 32.0 Å². The molecule has 1 heterocycles. The van der Waals surface area contributed by atoms with Crippen LogP contribution < -0.4 is 24.2 Å². The minimum Gasteiger partial charge on any atom is -0.493 e. The minimum atomic E-state index is -4.68. The highest BCUT2D eigenvalue weighted by molar-refractivity contribution is 7.89. The van der Waals surface area contributed by atoms with E-state index in [9.17, 15) is 26.4 Å². The molecule has 0 unspecified atom stereocenters. The van der Waals surface area contributed by atoms with Crippen LogP contribution in [0.1, 0.15) is 30.6 Å². The maximum atomic E-state index is 14.6. The SMILES string of the molecule is COCCCOc1cc(C(=O)N(C[C@@H]2CNC[C@H]2NS(=O)(=O)c2cc(F)c(OC)c(F)c2F)C(C)C)ccc1OC. The lowest BCUT2D eigenvalue weighted by Crippen LogP contribution is -2.47. The number of methoxy groups -OCH3 is 3. The van der Waals surface area contributed by atoms with Crippen LogP contribution in [-0.4, -0.2) is 85.5 Å². The van der Waals surface area contributed by atoms with Crippen molar-refractivity contribution in [1.82, 2.24) is 14.9 Å². The average molecular weight is 604 g/mol. The maximum Gasteiger partial charge on any atom is 0.254 e. The van der Waals surface area contributed by atoms with E-state index in [-0.39, 0.29) is 25.0 Å². The molecule has 1 saturated heterocycles. The van der Waals surface area contributed by atoms with Gasteiger partial charge >= 0.3 is 0 Å². The molecule has 3 rings (SSSR count). The lowest BCUT2D eigenvalue weighted by atomic mass is 10.0. The lowest BCUT2D eigenvalue weighted by molar-refractivity contribution is 0.0671. The molecule has 1 aliphatic heterocycles. The molecule has 1 fully saturated rings. The van der Waals surface area contributed by atoms with Gasteiger partial charge in [-0.2, -0.15) is 4.39 Å². The zero-order valence-electron chi connectivity index (χ0n) is 23.6. The number of nitrogens with one attached hydrogen (secondary N) is 2. The van der Waals surface area contributed by atoms with Crippen LogP contribution in [0.15, 0.2) is 29.2 Å². The van der Waals surface area contributed by atoms with E-state index in [1.165, 1.54) is 7.11 Å². The number of carbonyl (C=O) groups excluding carboxylic acids is 1. The van der Waals surface area contributed by atoms with Gasteiger partial charge in [-0.3, -0.25) is 4.79 Å². The van der Waals surface area contributed by atoms with Gasteiger partial charge in [-0.25, -0.2) is 21.9 Å². The molecule has 41 heavy (non-hydrogen) atoms. The summed E-state index contributed by atoms with van der Waals surface area (Å²) < 4.78 is 92.0. The second-order valence-corrected chi connectivity index (χ2v) is 11.5. The third-order valence-electron chi connectivity index (χ3n) is 6.70. The molecule has 2 N–H and O–H groups in total. The molecule has 0 aromatic heterocycles. The van der Waals surface area contributed by atoms with Crippen LogP contribution in [0.2, 0.25) is 0 Å². The topological polar surface area (TPSA) is 115 Å². The summed E-state index contributed by atoms with van der Waals surface area (Å²) in [5, 5.41) is 3.06. The number of amides is 1. The molecule has 1 amide bonds. The highest BCUT2D eigenvalue weighted by Gasteiger charge is 2.36. The Kier molecular flexibility index (Phi) is 11.2. The van der Waals surface area contributed by atoms with Crippen molar-refractivity contribution in [3.8, 4) is 17.2 Å². The van der Waals surface area contributed by atoms with E-state index in [4.69, 9.17) is 14.2 Å². The minimum absolute atomic E-state index is 0.139. The third-order valence-corrected chi connectivity index (χ3v) is 8.19. The summed E-state index contributed by atoms with van der Waals surface area (Å²) in [5.74, 6) is -5.76. The molecular formula is C27H36F3N3O7S. The Morgan fingerprint density at radius 2 is 1.78 bits per heavy atom. The van der Waals surface area contributed by atoms with E-state index >= 15 is 0 Å². The molecule has 0 saturated carbocycles. The first-order chi connectivity index (χ1) is 19.4. The second kappa shape index (κ2) is 14.2. The van der Waals surface area contributed by atoms with Crippen molar-refractivity contribution >= 4 is 15.9 Å². The molecule has 2 atom stereocenters. The summed E-state index contributed by atoms with van der Waals surface area (Å²) in [6.45, 7) is 5.15. The van der Waals surface area contributed by atoms with Gasteiger partial charge in [0.25, 0.3) is 5.91 Å². The zero-order valence-corrected chi connectivity index (χ0v) is 24.4. The Balaban J connectivity index is 1.80. The summed E-state index contributed by atoms with van der Waals surface area (Å²) in [5.41, 5.74) is 0.343. The van der Waals surface area contributed by atoms with Crippen molar-refractivity contribution in [2.45, 2.75) is 37.2 Å². The van der Waals surface area contributed by atoms with Gasteiger partial charge in [-0.1, -0.05) is 0 Å². The van der Waals surface area contributed by atoms with Crippen LogP contribution >= 0.6 is 0 Å². The van der Waals surface area contributed by atoms with Crippen LogP contribution in [0.3, 0.4) is 0 Å². The Morgan fingerprint density at radius 1 is 1.05 bits per heavy atom. The van der Waals surface area contributed by atoms with Gasteiger partial charge in [0.05, 0.1) is 20.8 Å². The van der Waals surface area contributed by atoms with E-state index in [1.54, 1.807) is 30.2 Å². The quantitative estimate of drug-likeness (QED) is 0.250. The number of carbonyl (C=O) groups is 1. The zero-order chi connectivity index (χ0) is 30.3. The predicted octanol–water partition coefficient (Wildman–Crippen LogP) is 2.95. The molecule has 2 aromatic carbocycles. The number of rotatable bonds is 14. The summed E-state index contributed by atoms with van der Waals surface area (Å²) in [4.78, 5) is 14.0. The Bertz CT molecular complexity index is 1330. The second-order valence-electron chi connectivity index (χ2n) is 9.78. The van der Waals surface area contributed by atoms with Gasteiger partial charge in [0, 0.05) is 69.4 Å². The monoisotopic (exact) mass is 603 g/mol. The molecule has 0 radical (unpaired) electrons. The van der Waals surface area contributed by atoms with E-state index in [2.05, 4.69) is 14.8 Å². The van der Waals surface area contributed by atoms with E-state index in [1.807, 2.05) is 13.8 Å². The molecule has 0 spiro atoms. The Labute approximate surface area is 238 Å². The van der Waals surface area contributed by atoms with Crippen LogP contribution in [0, 0.1) is 23.4 Å². The molecule has 0 bridgehead atoms. The first kappa shape index (κ1) is 32.4. The predicted molar refractivity (Wildman–Crippen MR) is 144 cm³/mol. The summed E-state index contributed by atoms with van der Waals surface area (Å²) in [6.07, 6.45) is 0.641. The average Bonchev–Trinajstić information content (AvgIpc) is 3.36. The lowest BCUT2D eigenvalue weighted by Gasteiger charge is -2.32. The molecule has 228 valence electrons. The van der Waals surface area contributed by atoms with Gasteiger partial charge < -0.3 is 29.2 Å². The Morgan fingerprint density at radius 3 is 2.41 bits per heavy atom. The highest BCUT2D eigenvalue weighted by atomic mass is 32.2.